The predicted molar refractivity (Wildman–Crippen MR) is 90.4 cm³/mol. The molecule has 2 aromatic heterocycles. The molecule has 138 valence electrons. The summed E-state index contributed by atoms with van der Waals surface area (Å²) in [5.74, 6) is 0.140. The molecule has 0 aromatic carbocycles. The topological polar surface area (TPSA) is 119 Å². The van der Waals surface area contributed by atoms with Crippen LogP contribution in [0.1, 0.15) is 23.2 Å². The van der Waals surface area contributed by atoms with Crippen molar-refractivity contribution in [2.24, 2.45) is 7.05 Å². The zero-order chi connectivity index (χ0) is 18.7. The van der Waals surface area contributed by atoms with Crippen LogP contribution in [0.25, 0.3) is 0 Å². The van der Waals surface area contributed by atoms with Gasteiger partial charge in [-0.15, -0.1) is 0 Å². The molecule has 0 spiro atoms. The number of piperidine rings is 1. The maximum atomic E-state index is 12.5. The van der Waals surface area contributed by atoms with E-state index in [1.165, 1.54) is 32.7 Å². The highest BCUT2D eigenvalue weighted by Crippen LogP contribution is 2.18. The van der Waals surface area contributed by atoms with E-state index < -0.39 is 17.2 Å². The van der Waals surface area contributed by atoms with Gasteiger partial charge in [0.1, 0.15) is 11.7 Å². The van der Waals surface area contributed by atoms with Crippen molar-refractivity contribution in [3.63, 3.8) is 0 Å². The zero-order valence-electron chi connectivity index (χ0n) is 14.5. The SMILES string of the molecule is COc1cnc(OC2CCN(C(=O)c3c[nH]c(=O)n(C)c3=O)CC2)nc1. The molecule has 1 saturated heterocycles. The molecule has 1 aliphatic heterocycles. The van der Waals surface area contributed by atoms with Crippen LogP contribution in [0, 0.1) is 0 Å². The van der Waals surface area contributed by atoms with E-state index in [1.807, 2.05) is 0 Å². The summed E-state index contributed by atoms with van der Waals surface area (Å²) in [5.41, 5.74) is -1.22. The Kier molecular flexibility index (Phi) is 5.01. The number of aromatic amines is 1. The van der Waals surface area contributed by atoms with Gasteiger partial charge in [-0.05, 0) is 0 Å². The lowest BCUT2D eigenvalue weighted by Gasteiger charge is -2.31. The number of nitrogens with one attached hydrogen (secondary N) is 1. The van der Waals surface area contributed by atoms with Crippen molar-refractivity contribution in [2.45, 2.75) is 18.9 Å². The van der Waals surface area contributed by atoms with Crippen molar-refractivity contribution in [2.75, 3.05) is 20.2 Å². The standard InChI is InChI=1S/C16H19N5O5/c1-20-13(22)12(9-19-16(20)24)14(23)21-5-3-10(4-6-21)26-15-17-7-11(25-2)8-18-15/h7-10H,3-6H2,1-2H3,(H,19,24). The average Bonchev–Trinajstić information content (AvgIpc) is 2.67. The van der Waals surface area contributed by atoms with Gasteiger partial charge in [-0.2, -0.15) is 9.97 Å². The summed E-state index contributed by atoms with van der Waals surface area (Å²) < 4.78 is 11.6. The number of hydrogen-bond donors (Lipinski definition) is 1. The monoisotopic (exact) mass is 361 g/mol. The number of ether oxygens (including phenoxy) is 2. The first-order chi connectivity index (χ1) is 12.5. The fraction of sp³-hybridized carbons (Fsp3) is 0.438. The third-order valence-electron chi connectivity index (χ3n) is 4.25. The fourth-order valence-electron chi connectivity index (χ4n) is 2.69. The molecule has 3 heterocycles. The Balaban J connectivity index is 1.61. The van der Waals surface area contributed by atoms with Crippen molar-refractivity contribution in [1.29, 1.82) is 0 Å². The van der Waals surface area contributed by atoms with E-state index in [0.717, 1.165) is 4.57 Å². The molecule has 0 aliphatic carbocycles. The molecular weight excluding hydrogens is 342 g/mol. The molecule has 2 aromatic rings. The lowest BCUT2D eigenvalue weighted by atomic mass is 10.1. The lowest BCUT2D eigenvalue weighted by Crippen LogP contribution is -2.45. The molecule has 1 fully saturated rings. The number of H-pyrrole nitrogens is 1. The predicted octanol–water partition coefficient (Wildman–Crippen LogP) is -0.444. The minimum absolute atomic E-state index is 0.0510. The number of rotatable bonds is 4. The second kappa shape index (κ2) is 7.38. The largest absolute Gasteiger partial charge is 0.494 e. The van der Waals surface area contributed by atoms with E-state index in [4.69, 9.17) is 9.47 Å². The second-order valence-electron chi connectivity index (χ2n) is 5.89. The highest BCUT2D eigenvalue weighted by Gasteiger charge is 2.27. The number of likely N-dealkylation sites (tertiary alicyclic amines) is 1. The minimum Gasteiger partial charge on any atom is -0.494 e. The summed E-state index contributed by atoms with van der Waals surface area (Å²) in [7, 11) is 2.86. The Labute approximate surface area is 148 Å². The van der Waals surface area contributed by atoms with Crippen molar-refractivity contribution < 1.29 is 14.3 Å². The van der Waals surface area contributed by atoms with Crippen LogP contribution in [-0.4, -0.2) is 56.6 Å². The molecule has 26 heavy (non-hydrogen) atoms. The number of aromatic nitrogens is 4. The molecule has 0 unspecified atom stereocenters. The number of amides is 1. The van der Waals surface area contributed by atoms with Crippen LogP contribution in [0.3, 0.4) is 0 Å². The Morgan fingerprint density at radius 3 is 2.50 bits per heavy atom. The van der Waals surface area contributed by atoms with Crippen molar-refractivity contribution >= 4 is 5.91 Å². The first kappa shape index (κ1) is 17.6. The highest BCUT2D eigenvalue weighted by molar-refractivity contribution is 5.93. The van der Waals surface area contributed by atoms with Gasteiger partial charge in [-0.3, -0.25) is 14.2 Å². The van der Waals surface area contributed by atoms with E-state index in [2.05, 4.69) is 15.0 Å². The average molecular weight is 361 g/mol. The van der Waals surface area contributed by atoms with Gasteiger partial charge in [0.05, 0.1) is 19.5 Å². The van der Waals surface area contributed by atoms with Gasteiger partial charge < -0.3 is 19.4 Å². The van der Waals surface area contributed by atoms with Gasteiger partial charge in [0.2, 0.25) is 0 Å². The van der Waals surface area contributed by atoms with E-state index >= 15 is 0 Å². The van der Waals surface area contributed by atoms with Crippen LogP contribution >= 0.6 is 0 Å². The van der Waals surface area contributed by atoms with Crippen LogP contribution in [0.15, 0.2) is 28.2 Å². The highest BCUT2D eigenvalue weighted by atomic mass is 16.5. The van der Waals surface area contributed by atoms with Crippen LogP contribution in [-0.2, 0) is 7.05 Å². The Hall–Kier alpha value is -3.17. The maximum Gasteiger partial charge on any atom is 0.328 e. The molecule has 0 bridgehead atoms. The Morgan fingerprint density at radius 2 is 1.88 bits per heavy atom. The maximum absolute atomic E-state index is 12.5. The molecule has 1 amide bonds. The molecule has 1 N–H and O–H groups in total. The van der Waals surface area contributed by atoms with Gasteiger partial charge in [0.25, 0.3) is 11.5 Å². The van der Waals surface area contributed by atoms with Crippen molar-refractivity contribution in [3.8, 4) is 11.8 Å². The van der Waals surface area contributed by atoms with E-state index in [9.17, 15) is 14.4 Å². The minimum atomic E-state index is -0.608. The Morgan fingerprint density at radius 1 is 1.23 bits per heavy atom. The molecule has 1 aliphatic rings. The number of hydrogen-bond acceptors (Lipinski definition) is 7. The van der Waals surface area contributed by atoms with Crippen molar-refractivity contribution in [1.82, 2.24) is 24.4 Å². The Bertz CT molecular complexity index is 896. The number of carbonyl (C=O) groups excluding carboxylic acids is 1. The van der Waals surface area contributed by atoms with Gasteiger partial charge >= 0.3 is 11.7 Å². The normalized spacial score (nSPS) is 14.9. The van der Waals surface area contributed by atoms with Crippen molar-refractivity contribution in [3.05, 3.63) is 45.0 Å². The summed E-state index contributed by atoms with van der Waals surface area (Å²) in [5, 5.41) is 0. The zero-order valence-corrected chi connectivity index (χ0v) is 14.5. The molecule has 10 heteroatoms. The van der Waals surface area contributed by atoms with Crippen LogP contribution in [0.5, 0.6) is 11.8 Å². The summed E-state index contributed by atoms with van der Waals surface area (Å²) in [6.07, 6.45) is 5.27. The summed E-state index contributed by atoms with van der Waals surface area (Å²) >= 11 is 0. The van der Waals surface area contributed by atoms with E-state index in [0.29, 0.717) is 31.7 Å². The third kappa shape index (κ3) is 3.58. The van der Waals surface area contributed by atoms with E-state index in [-0.39, 0.29) is 17.7 Å². The second-order valence-corrected chi connectivity index (χ2v) is 5.89. The quantitative estimate of drug-likeness (QED) is 0.783. The van der Waals surface area contributed by atoms with Crippen LogP contribution < -0.4 is 20.7 Å². The summed E-state index contributed by atoms with van der Waals surface area (Å²) in [6.45, 7) is 0.865. The van der Waals surface area contributed by atoms with Gasteiger partial charge in [-0.1, -0.05) is 0 Å². The van der Waals surface area contributed by atoms with Gasteiger partial charge in [0.15, 0.2) is 5.75 Å². The van der Waals surface area contributed by atoms with Gasteiger partial charge in [0, 0.05) is 39.2 Å². The summed E-state index contributed by atoms with van der Waals surface area (Å²) in [4.78, 5) is 48.1. The summed E-state index contributed by atoms with van der Waals surface area (Å²) in [6, 6.07) is 0.255. The fourth-order valence-corrected chi connectivity index (χ4v) is 2.69. The molecule has 3 rings (SSSR count). The number of carbonyl (C=O) groups is 1. The first-order valence-corrected chi connectivity index (χ1v) is 8.10. The molecule has 10 nitrogen and oxygen atoms in total. The smallest absolute Gasteiger partial charge is 0.328 e. The number of methoxy groups -OCH3 is 1. The molecule has 0 atom stereocenters. The number of nitrogens with zero attached hydrogens (tertiary/aromatic N) is 4. The lowest BCUT2D eigenvalue weighted by molar-refractivity contribution is 0.0575. The van der Waals surface area contributed by atoms with Crippen LogP contribution in [0.2, 0.25) is 0 Å². The first-order valence-electron chi connectivity index (χ1n) is 8.10. The third-order valence-corrected chi connectivity index (χ3v) is 4.25. The molecular formula is C16H19N5O5. The van der Waals surface area contributed by atoms with Gasteiger partial charge in [-0.25, -0.2) is 4.79 Å². The van der Waals surface area contributed by atoms with Crippen LogP contribution in [0.4, 0.5) is 0 Å². The molecule has 0 radical (unpaired) electrons. The van der Waals surface area contributed by atoms with E-state index in [1.54, 1.807) is 4.90 Å². The molecule has 0 saturated carbocycles.